The van der Waals surface area contributed by atoms with Crippen molar-refractivity contribution < 1.29 is 9.47 Å². The van der Waals surface area contributed by atoms with E-state index in [4.69, 9.17) is 9.47 Å². The molecule has 0 aliphatic heterocycles. The summed E-state index contributed by atoms with van der Waals surface area (Å²) < 4.78 is 10.9. The number of benzene rings is 1. The molecule has 1 N–H and O–H groups in total. The molecule has 0 amide bonds. The van der Waals surface area contributed by atoms with Gasteiger partial charge in [-0.05, 0) is 24.5 Å². The molecule has 0 bridgehead atoms. The van der Waals surface area contributed by atoms with Gasteiger partial charge in [0.2, 0.25) is 0 Å². The quantitative estimate of drug-likeness (QED) is 0.383. The predicted molar refractivity (Wildman–Crippen MR) is 100 cm³/mol. The third-order valence-electron chi connectivity index (χ3n) is 3.71. The summed E-state index contributed by atoms with van der Waals surface area (Å²) in [6.07, 6.45) is 2.36. The maximum Gasteiger partial charge on any atom is 0.193 e. The van der Waals surface area contributed by atoms with Crippen LogP contribution >= 0.6 is 0 Å². The fraction of sp³-hybridized carbons (Fsp3) is 0.632. The maximum atomic E-state index is 5.63. The third-order valence-corrected chi connectivity index (χ3v) is 3.71. The van der Waals surface area contributed by atoms with Crippen LogP contribution in [-0.4, -0.2) is 51.3 Å². The Morgan fingerprint density at radius 2 is 1.92 bits per heavy atom. The van der Waals surface area contributed by atoms with Crippen molar-refractivity contribution in [2.45, 2.75) is 39.8 Å². The molecule has 0 unspecified atom stereocenters. The minimum absolute atomic E-state index is 0.617. The minimum Gasteiger partial charge on any atom is -0.379 e. The lowest BCUT2D eigenvalue weighted by Gasteiger charge is -2.22. The molecule has 1 aromatic carbocycles. The van der Waals surface area contributed by atoms with Crippen LogP contribution in [0.15, 0.2) is 29.3 Å². The molecular weight excluding hydrogens is 302 g/mol. The molecule has 0 saturated carbocycles. The van der Waals surface area contributed by atoms with Gasteiger partial charge in [0.1, 0.15) is 0 Å². The van der Waals surface area contributed by atoms with Crippen molar-refractivity contribution >= 4 is 5.96 Å². The molecule has 5 heteroatoms. The van der Waals surface area contributed by atoms with Gasteiger partial charge in [0.25, 0.3) is 0 Å². The number of nitrogens with one attached hydrogen (secondary N) is 1. The average Bonchev–Trinajstić information content (AvgIpc) is 2.60. The van der Waals surface area contributed by atoms with Gasteiger partial charge in [-0.25, -0.2) is 0 Å². The van der Waals surface area contributed by atoms with Crippen LogP contribution in [0.4, 0.5) is 0 Å². The van der Waals surface area contributed by atoms with Crippen molar-refractivity contribution in [3.8, 4) is 0 Å². The highest BCUT2D eigenvalue weighted by Crippen LogP contribution is 2.07. The van der Waals surface area contributed by atoms with E-state index in [1.165, 1.54) is 24.0 Å². The predicted octanol–water partition coefficient (Wildman–Crippen LogP) is 3.05. The first kappa shape index (κ1) is 20.5. The van der Waals surface area contributed by atoms with Gasteiger partial charge in [0.15, 0.2) is 5.96 Å². The van der Waals surface area contributed by atoms with E-state index in [-0.39, 0.29) is 0 Å². The SMILES string of the molecule is CCCCN(C)C(=NC)NCc1cccc(COCCOCC)c1. The standard InChI is InChI=1S/C19H33N3O2/c1-5-7-11-22(4)19(20-3)21-15-17-9-8-10-18(14-17)16-24-13-12-23-6-2/h8-10,14H,5-7,11-13,15-16H2,1-4H3,(H,20,21). The third kappa shape index (κ3) is 8.31. The Bertz CT molecular complexity index is 477. The summed E-state index contributed by atoms with van der Waals surface area (Å²) in [6.45, 7) is 8.60. The van der Waals surface area contributed by atoms with Crippen molar-refractivity contribution in [3.05, 3.63) is 35.4 Å². The van der Waals surface area contributed by atoms with E-state index >= 15 is 0 Å². The van der Waals surface area contributed by atoms with E-state index in [1.54, 1.807) is 0 Å². The van der Waals surface area contributed by atoms with E-state index in [2.05, 4.69) is 53.4 Å². The molecular formula is C19H33N3O2. The van der Waals surface area contributed by atoms with Crippen molar-refractivity contribution in [1.29, 1.82) is 0 Å². The highest BCUT2D eigenvalue weighted by molar-refractivity contribution is 5.79. The highest BCUT2D eigenvalue weighted by atomic mass is 16.5. The highest BCUT2D eigenvalue weighted by Gasteiger charge is 2.05. The largest absolute Gasteiger partial charge is 0.379 e. The van der Waals surface area contributed by atoms with Gasteiger partial charge in [0.05, 0.1) is 19.8 Å². The van der Waals surface area contributed by atoms with Crippen LogP contribution < -0.4 is 5.32 Å². The summed E-state index contributed by atoms with van der Waals surface area (Å²) in [4.78, 5) is 6.52. The number of hydrogen-bond donors (Lipinski definition) is 1. The van der Waals surface area contributed by atoms with Crippen LogP contribution in [0.3, 0.4) is 0 Å². The molecule has 1 aromatic rings. The van der Waals surface area contributed by atoms with E-state index < -0.39 is 0 Å². The zero-order valence-corrected chi connectivity index (χ0v) is 15.7. The minimum atomic E-state index is 0.617. The first-order valence-corrected chi connectivity index (χ1v) is 8.86. The molecule has 5 nitrogen and oxygen atoms in total. The normalized spacial score (nSPS) is 11.6. The molecule has 136 valence electrons. The van der Waals surface area contributed by atoms with Gasteiger partial charge in [-0.1, -0.05) is 37.6 Å². The molecule has 0 atom stereocenters. The van der Waals surface area contributed by atoms with E-state index in [1.807, 2.05) is 14.0 Å². The Kier molecular flexibility index (Phi) is 10.9. The summed E-state index contributed by atoms with van der Waals surface area (Å²) >= 11 is 0. The molecule has 24 heavy (non-hydrogen) atoms. The molecule has 0 spiro atoms. The summed E-state index contributed by atoms with van der Waals surface area (Å²) in [5.41, 5.74) is 2.41. The van der Waals surface area contributed by atoms with Gasteiger partial charge in [-0.3, -0.25) is 4.99 Å². The molecule has 0 fully saturated rings. The van der Waals surface area contributed by atoms with E-state index in [9.17, 15) is 0 Å². The van der Waals surface area contributed by atoms with Crippen molar-refractivity contribution in [3.63, 3.8) is 0 Å². The number of aliphatic imine (C=N–C) groups is 1. The molecule has 0 radical (unpaired) electrons. The second-order valence-electron chi connectivity index (χ2n) is 5.75. The summed E-state index contributed by atoms with van der Waals surface area (Å²) in [5, 5.41) is 3.42. The second-order valence-corrected chi connectivity index (χ2v) is 5.75. The first-order valence-electron chi connectivity index (χ1n) is 8.86. The molecule has 0 aromatic heterocycles. The van der Waals surface area contributed by atoms with Crippen LogP contribution in [0.1, 0.15) is 37.8 Å². The van der Waals surface area contributed by atoms with Crippen LogP contribution in [0.2, 0.25) is 0 Å². The Balaban J connectivity index is 2.43. The molecule has 0 aliphatic carbocycles. The maximum absolute atomic E-state index is 5.63. The summed E-state index contributed by atoms with van der Waals surface area (Å²) in [5.74, 6) is 0.932. The van der Waals surface area contributed by atoms with Gasteiger partial charge >= 0.3 is 0 Å². The first-order chi connectivity index (χ1) is 11.7. The Morgan fingerprint density at radius 3 is 2.62 bits per heavy atom. The molecule has 1 rings (SSSR count). The van der Waals surface area contributed by atoms with Gasteiger partial charge in [-0.2, -0.15) is 0 Å². The van der Waals surface area contributed by atoms with Gasteiger partial charge in [0, 0.05) is 33.8 Å². The fourth-order valence-electron chi connectivity index (χ4n) is 2.35. The zero-order valence-electron chi connectivity index (χ0n) is 15.7. The topological polar surface area (TPSA) is 46.1 Å². The van der Waals surface area contributed by atoms with Gasteiger partial charge < -0.3 is 19.7 Å². The lowest BCUT2D eigenvalue weighted by molar-refractivity contribution is 0.0453. The van der Waals surface area contributed by atoms with Crippen LogP contribution in [0.25, 0.3) is 0 Å². The Hall–Kier alpha value is -1.59. The smallest absolute Gasteiger partial charge is 0.193 e. The van der Waals surface area contributed by atoms with E-state index in [0.717, 1.165) is 25.7 Å². The second kappa shape index (κ2) is 12.8. The van der Waals surface area contributed by atoms with Crippen LogP contribution in [-0.2, 0) is 22.6 Å². The Labute approximate surface area is 147 Å². The van der Waals surface area contributed by atoms with Crippen LogP contribution in [0, 0.1) is 0 Å². The fourth-order valence-corrected chi connectivity index (χ4v) is 2.35. The molecule has 0 heterocycles. The number of rotatable bonds is 11. The number of ether oxygens (including phenoxy) is 2. The zero-order chi connectivity index (χ0) is 17.6. The number of guanidine groups is 1. The van der Waals surface area contributed by atoms with Crippen LogP contribution in [0.5, 0.6) is 0 Å². The van der Waals surface area contributed by atoms with Crippen molar-refractivity contribution in [2.24, 2.45) is 4.99 Å². The Morgan fingerprint density at radius 1 is 1.17 bits per heavy atom. The number of unbranched alkanes of at least 4 members (excludes halogenated alkanes) is 1. The summed E-state index contributed by atoms with van der Waals surface area (Å²) in [6, 6.07) is 8.46. The van der Waals surface area contributed by atoms with Gasteiger partial charge in [-0.15, -0.1) is 0 Å². The van der Waals surface area contributed by atoms with E-state index in [0.29, 0.717) is 19.8 Å². The monoisotopic (exact) mass is 335 g/mol. The average molecular weight is 335 g/mol. The van der Waals surface area contributed by atoms with Crippen molar-refractivity contribution in [1.82, 2.24) is 10.2 Å². The lowest BCUT2D eigenvalue weighted by Crippen LogP contribution is -2.38. The lowest BCUT2D eigenvalue weighted by atomic mass is 10.1. The van der Waals surface area contributed by atoms with Crippen molar-refractivity contribution in [2.75, 3.05) is 40.5 Å². The summed E-state index contributed by atoms with van der Waals surface area (Å²) in [7, 11) is 3.90. The number of nitrogens with zero attached hydrogens (tertiary/aromatic N) is 2. The molecule has 0 saturated heterocycles. The molecule has 0 aliphatic rings. The number of hydrogen-bond acceptors (Lipinski definition) is 3.